The Morgan fingerprint density at radius 3 is 1.46 bits per heavy atom. The van der Waals surface area contributed by atoms with Crippen LogP contribution in [0.15, 0.2) is 42.5 Å². The molecule has 0 fully saturated rings. The molecule has 0 aliphatic heterocycles. The topological polar surface area (TPSA) is 0 Å². The maximum Gasteiger partial charge on any atom is 0.411 e. The lowest BCUT2D eigenvalue weighted by Crippen LogP contribution is -2.54. The van der Waals surface area contributed by atoms with Gasteiger partial charge in [-0.25, -0.2) is 0 Å². The Balaban J connectivity index is 2.91. The summed E-state index contributed by atoms with van der Waals surface area (Å²) in [5, 5.41) is 0. The molecule has 0 nitrogen and oxygen atoms in total. The predicted octanol–water partition coefficient (Wildman–Crippen LogP) is 6.02. The minimum absolute atomic E-state index is 0.373. The Labute approximate surface area is 136 Å². The monoisotopic (exact) mass is 346 g/mol. The minimum atomic E-state index is -5.54. The number of halogens is 6. The van der Waals surface area contributed by atoms with Gasteiger partial charge in [0.05, 0.1) is 0 Å². The van der Waals surface area contributed by atoms with Crippen LogP contribution in [0.1, 0.15) is 27.8 Å². The number of alkyl halides is 6. The van der Waals surface area contributed by atoms with E-state index in [1.807, 2.05) is 0 Å². The Kier molecular flexibility index (Phi) is 4.46. The quantitative estimate of drug-likeness (QED) is 0.583. The maximum atomic E-state index is 13.9. The van der Waals surface area contributed by atoms with E-state index in [-0.39, 0.29) is 0 Å². The number of benzene rings is 2. The highest BCUT2D eigenvalue weighted by Crippen LogP contribution is 2.56. The van der Waals surface area contributed by atoms with Gasteiger partial charge in [-0.05, 0) is 43.0 Å². The molecule has 24 heavy (non-hydrogen) atoms. The first kappa shape index (κ1) is 18.4. The average molecular weight is 346 g/mol. The van der Waals surface area contributed by atoms with Gasteiger partial charge in [0.25, 0.3) is 0 Å². The van der Waals surface area contributed by atoms with Crippen molar-refractivity contribution in [2.75, 3.05) is 0 Å². The van der Waals surface area contributed by atoms with Gasteiger partial charge in [0, 0.05) is 0 Å². The lowest BCUT2D eigenvalue weighted by Gasteiger charge is -2.38. The van der Waals surface area contributed by atoms with Crippen molar-refractivity contribution in [3.8, 4) is 0 Å². The van der Waals surface area contributed by atoms with E-state index in [2.05, 4.69) is 0 Å². The molecule has 0 aliphatic carbocycles. The largest absolute Gasteiger partial charge is 0.411 e. The second-order valence-corrected chi connectivity index (χ2v) is 5.91. The van der Waals surface area contributed by atoms with Crippen LogP contribution < -0.4 is 0 Å². The van der Waals surface area contributed by atoms with Crippen LogP contribution in [0.25, 0.3) is 0 Å². The summed E-state index contributed by atoms with van der Waals surface area (Å²) in [5.74, 6) is 0. The zero-order valence-electron chi connectivity index (χ0n) is 13.3. The average Bonchev–Trinajstić information content (AvgIpc) is 2.42. The van der Waals surface area contributed by atoms with E-state index in [1.165, 1.54) is 25.1 Å². The van der Waals surface area contributed by atoms with Crippen molar-refractivity contribution in [2.24, 2.45) is 0 Å². The first-order chi connectivity index (χ1) is 10.9. The predicted molar refractivity (Wildman–Crippen MR) is 80.0 cm³/mol. The second kappa shape index (κ2) is 5.83. The van der Waals surface area contributed by atoms with Gasteiger partial charge in [0.2, 0.25) is 5.41 Å². The molecule has 2 aromatic carbocycles. The van der Waals surface area contributed by atoms with Crippen LogP contribution in [0.5, 0.6) is 0 Å². The molecule has 0 aromatic heterocycles. The standard InChI is InChI=1S/C18H16F6/c1-11-4-7-14(8-5-11)16(17(19,20)21,18(22,23)24)15-9-6-12(2)13(3)10-15/h4-10H,1-3H3. The van der Waals surface area contributed by atoms with Crippen LogP contribution in [0, 0.1) is 20.8 Å². The fraction of sp³-hybridized carbons (Fsp3) is 0.333. The molecule has 2 aromatic rings. The Morgan fingerprint density at radius 2 is 1.04 bits per heavy atom. The molecule has 0 spiro atoms. The lowest BCUT2D eigenvalue weighted by atomic mass is 9.72. The third kappa shape index (κ3) is 2.78. The van der Waals surface area contributed by atoms with E-state index < -0.39 is 28.9 Å². The molecule has 0 saturated heterocycles. The molecular weight excluding hydrogens is 330 g/mol. The van der Waals surface area contributed by atoms with E-state index in [0.717, 1.165) is 24.3 Å². The van der Waals surface area contributed by atoms with Crippen molar-refractivity contribution in [2.45, 2.75) is 38.5 Å². The molecule has 0 atom stereocenters. The van der Waals surface area contributed by atoms with Gasteiger partial charge in [-0.3, -0.25) is 0 Å². The Bertz CT molecular complexity index is 709. The molecule has 0 unspecified atom stereocenters. The molecule has 0 radical (unpaired) electrons. The summed E-state index contributed by atoms with van der Waals surface area (Å²) in [6, 6.07) is 7.45. The molecule has 0 N–H and O–H groups in total. The molecule has 0 bridgehead atoms. The van der Waals surface area contributed by atoms with Crippen LogP contribution in [0.4, 0.5) is 26.3 Å². The van der Waals surface area contributed by atoms with Gasteiger partial charge in [-0.2, -0.15) is 26.3 Å². The van der Waals surface area contributed by atoms with Gasteiger partial charge < -0.3 is 0 Å². The van der Waals surface area contributed by atoms with Gasteiger partial charge >= 0.3 is 12.4 Å². The van der Waals surface area contributed by atoms with Crippen molar-refractivity contribution in [1.29, 1.82) is 0 Å². The normalized spacial score (nSPS) is 13.2. The van der Waals surface area contributed by atoms with Crippen LogP contribution in [-0.4, -0.2) is 12.4 Å². The third-order valence-electron chi connectivity index (χ3n) is 4.27. The van der Waals surface area contributed by atoms with Gasteiger partial charge in [0.1, 0.15) is 0 Å². The zero-order valence-corrected chi connectivity index (χ0v) is 13.3. The molecule has 0 aliphatic rings. The van der Waals surface area contributed by atoms with Crippen molar-refractivity contribution in [3.05, 3.63) is 70.3 Å². The first-order valence-corrected chi connectivity index (χ1v) is 7.19. The second-order valence-electron chi connectivity index (χ2n) is 5.91. The highest BCUT2D eigenvalue weighted by atomic mass is 19.4. The fourth-order valence-corrected chi connectivity index (χ4v) is 2.76. The summed E-state index contributed by atoms with van der Waals surface area (Å²) in [7, 11) is 0. The molecule has 130 valence electrons. The van der Waals surface area contributed by atoms with Crippen LogP contribution in [0.3, 0.4) is 0 Å². The lowest BCUT2D eigenvalue weighted by molar-refractivity contribution is -0.288. The summed E-state index contributed by atoms with van der Waals surface area (Å²) >= 11 is 0. The number of aryl methyl sites for hydroxylation is 3. The number of hydrogen-bond acceptors (Lipinski definition) is 0. The molecular formula is C18H16F6. The summed E-state index contributed by atoms with van der Waals surface area (Å²) < 4.78 is 83.1. The van der Waals surface area contributed by atoms with Gasteiger partial charge in [0.15, 0.2) is 0 Å². The van der Waals surface area contributed by atoms with Crippen LogP contribution in [-0.2, 0) is 5.41 Å². The van der Waals surface area contributed by atoms with E-state index >= 15 is 0 Å². The summed E-state index contributed by atoms with van der Waals surface area (Å²) in [6.45, 7) is 4.72. The molecule has 0 saturated carbocycles. The maximum absolute atomic E-state index is 13.9. The van der Waals surface area contributed by atoms with E-state index in [1.54, 1.807) is 13.8 Å². The highest BCUT2D eigenvalue weighted by Gasteiger charge is 2.72. The summed E-state index contributed by atoms with van der Waals surface area (Å²) in [5.41, 5.74) is -4.15. The highest BCUT2D eigenvalue weighted by molar-refractivity contribution is 5.47. The van der Waals surface area contributed by atoms with E-state index in [0.29, 0.717) is 16.7 Å². The van der Waals surface area contributed by atoms with Crippen molar-refractivity contribution >= 4 is 0 Å². The van der Waals surface area contributed by atoms with E-state index in [4.69, 9.17) is 0 Å². The SMILES string of the molecule is Cc1ccc(C(c2ccc(C)c(C)c2)(C(F)(F)F)C(F)(F)F)cc1. The zero-order chi connectivity index (χ0) is 18.3. The molecule has 0 amide bonds. The fourth-order valence-electron chi connectivity index (χ4n) is 2.76. The summed E-state index contributed by atoms with van der Waals surface area (Å²) in [6.07, 6.45) is -11.1. The Hall–Kier alpha value is -1.98. The van der Waals surface area contributed by atoms with Crippen molar-refractivity contribution < 1.29 is 26.3 Å². The van der Waals surface area contributed by atoms with E-state index in [9.17, 15) is 26.3 Å². The van der Waals surface area contributed by atoms with Crippen molar-refractivity contribution in [1.82, 2.24) is 0 Å². The van der Waals surface area contributed by atoms with Gasteiger partial charge in [-0.1, -0.05) is 48.0 Å². The molecule has 6 heteroatoms. The third-order valence-corrected chi connectivity index (χ3v) is 4.27. The minimum Gasteiger partial charge on any atom is -0.169 e. The van der Waals surface area contributed by atoms with Crippen LogP contribution in [0.2, 0.25) is 0 Å². The van der Waals surface area contributed by atoms with Crippen molar-refractivity contribution in [3.63, 3.8) is 0 Å². The molecule has 0 heterocycles. The smallest absolute Gasteiger partial charge is 0.169 e. The molecule has 2 rings (SSSR count). The summed E-state index contributed by atoms with van der Waals surface area (Å²) in [4.78, 5) is 0. The Morgan fingerprint density at radius 1 is 0.583 bits per heavy atom. The number of rotatable bonds is 2. The first-order valence-electron chi connectivity index (χ1n) is 7.19. The van der Waals surface area contributed by atoms with Gasteiger partial charge in [-0.15, -0.1) is 0 Å². The van der Waals surface area contributed by atoms with Crippen LogP contribution >= 0.6 is 0 Å². The number of hydrogen-bond donors (Lipinski definition) is 0.